The number of thioether (sulfide) groups is 11. The van der Waals surface area contributed by atoms with E-state index < -0.39 is 52.8 Å². The Labute approximate surface area is 823 Å². The van der Waals surface area contributed by atoms with Crippen molar-refractivity contribution in [3.63, 3.8) is 0 Å². The summed E-state index contributed by atoms with van der Waals surface area (Å²) in [5, 5.41) is 56.5. The first kappa shape index (κ1) is 95.2. The average molecular weight is 2000 g/mol. The van der Waals surface area contributed by atoms with Crippen molar-refractivity contribution in [2.75, 3.05) is 20.5 Å². The first-order chi connectivity index (χ1) is 62.7. The highest BCUT2D eigenvalue weighted by molar-refractivity contribution is 8.27. The Morgan fingerprint density at radius 1 is 0.526 bits per heavy atom. The number of carbonyl (C=O) groups is 9. The third-order valence-electron chi connectivity index (χ3n) is 27.6. The molecular formula is C98H109N11O13S11. The van der Waals surface area contributed by atoms with Crippen molar-refractivity contribution in [2.24, 2.45) is 23.7 Å². The van der Waals surface area contributed by atoms with Gasteiger partial charge in [0.1, 0.15) is 8.16 Å². The molecule has 20 rings (SSSR count). The molecule has 3 spiro atoms. The van der Waals surface area contributed by atoms with Gasteiger partial charge in [0.2, 0.25) is 33.8 Å². The summed E-state index contributed by atoms with van der Waals surface area (Å²) in [6.07, 6.45) is 7.28. The Morgan fingerprint density at radius 3 is 1.42 bits per heavy atom. The van der Waals surface area contributed by atoms with Gasteiger partial charge in [-0.1, -0.05) is 176 Å². The molecule has 17 aliphatic rings. The molecule has 17 aliphatic heterocycles. The molecule has 0 aromatic heterocycles. The molecule has 12 amide bonds. The molecule has 3 aromatic carbocycles. The lowest BCUT2D eigenvalue weighted by atomic mass is 9.77. The number of amides is 12. The van der Waals surface area contributed by atoms with Crippen molar-refractivity contribution >= 4 is 233 Å². The molecule has 24 nitrogen and oxygen atoms in total. The molecule has 3 aromatic rings. The van der Waals surface area contributed by atoms with Gasteiger partial charge < -0.3 is 31.1 Å². The van der Waals surface area contributed by atoms with E-state index in [4.69, 9.17) is 0 Å². The number of allylic oxidation sites excluding steroid dienone is 8. The van der Waals surface area contributed by atoms with E-state index in [1.54, 1.807) is 28.4 Å². The van der Waals surface area contributed by atoms with Crippen LogP contribution in [0, 0.1) is 30.6 Å². The van der Waals surface area contributed by atoms with Crippen molar-refractivity contribution in [3.8, 4) is 0 Å². The van der Waals surface area contributed by atoms with Crippen LogP contribution >= 0.6 is 129 Å². The Hall–Kier alpha value is -8.10. The van der Waals surface area contributed by atoms with E-state index in [0.717, 1.165) is 166 Å². The average Bonchev–Trinajstić information content (AvgIpc) is 1.67. The summed E-state index contributed by atoms with van der Waals surface area (Å²) in [5.41, 5.74) is 24.3. The van der Waals surface area contributed by atoms with E-state index in [0.29, 0.717) is 77.1 Å². The Bertz CT molecular complexity index is 6270. The van der Waals surface area contributed by atoms with Gasteiger partial charge in [0.25, 0.3) is 5.91 Å². The predicted octanol–water partition coefficient (Wildman–Crippen LogP) is 24.6. The monoisotopic (exact) mass is 2000 g/mol. The minimum absolute atomic E-state index is 0.0720. The topological polar surface area (TPSA) is 297 Å². The van der Waals surface area contributed by atoms with Crippen LogP contribution < -0.4 is 30.8 Å². The summed E-state index contributed by atoms with van der Waals surface area (Å²) >= 11 is 16.4. The molecule has 0 atom stereocenters. The number of hydrazine groups is 3. The van der Waals surface area contributed by atoms with Gasteiger partial charge in [-0.25, -0.2) is 29.8 Å². The molecule has 0 radical (unpaired) electrons. The lowest BCUT2D eigenvalue weighted by Crippen LogP contribution is -2.63. The summed E-state index contributed by atoms with van der Waals surface area (Å²) < 4.78 is -2.36. The summed E-state index contributed by atoms with van der Waals surface area (Å²) in [6.45, 7) is 55.9. The predicted molar refractivity (Wildman–Crippen MR) is 552 cm³/mol. The van der Waals surface area contributed by atoms with Crippen molar-refractivity contribution < 1.29 is 63.6 Å². The van der Waals surface area contributed by atoms with Gasteiger partial charge in [-0.3, -0.25) is 43.5 Å². The number of benzene rings is 3. The maximum atomic E-state index is 14.9. The lowest BCUT2D eigenvalue weighted by Gasteiger charge is -2.56. The number of urea groups is 3. The van der Waals surface area contributed by atoms with Crippen LogP contribution in [0.3, 0.4) is 0 Å². The van der Waals surface area contributed by atoms with Gasteiger partial charge in [-0.05, 0) is 234 Å². The smallest absolute Gasteiger partial charge is 0.344 e. The van der Waals surface area contributed by atoms with E-state index in [-0.39, 0.29) is 94.5 Å². The number of imide groups is 3. The Kier molecular flexibility index (Phi) is 24.3. The maximum absolute atomic E-state index is 14.9. The SMILES string of the molecule is C=C(C)C1=C(C(=C)C)SC2(S1)C(C)=C(C)SC1=C2c2cc3c(c4c2N(C(=O)N(N2C(=O)CCC2=O)C4)C1(C)C)C(C)=CNC3.CC1=CNCc2cc3c4c(c21)CN(N1C(=O)CCC1=O)C(=O)N4C(C)(C)C1=C3C2(SC(C(C)C)=C(C(C)C)S2)C(C(C)C)=C(C(C)C)S1.CCC1(CC)C2=C(c3cc4c(c(C)c3N1C(=O)NN1C(=O)CSC1=O)C=CSC4)C1(SC(O)=C(O)S1)C(O)=C(O)S2. The van der Waals surface area contributed by atoms with Crippen molar-refractivity contribution in [1.29, 1.82) is 0 Å². The lowest BCUT2D eigenvalue weighted by molar-refractivity contribution is -0.154. The zero-order valence-electron chi connectivity index (χ0n) is 78.3. The molecular weight excluding hydrogens is 1890 g/mol. The van der Waals surface area contributed by atoms with Gasteiger partial charge in [0.15, 0.2) is 14.9 Å². The second-order valence-corrected chi connectivity index (χ2v) is 51.4. The van der Waals surface area contributed by atoms with E-state index in [1.807, 2.05) is 95.8 Å². The number of aliphatic hydroxyl groups excluding tert-OH is 4. The van der Waals surface area contributed by atoms with Crippen molar-refractivity contribution in [1.82, 2.24) is 41.1 Å². The van der Waals surface area contributed by atoms with Gasteiger partial charge in [0, 0.05) is 126 Å². The fraction of sp³-hybridized carbons (Fsp3) is 0.439. The second kappa shape index (κ2) is 33.9. The fourth-order valence-corrected chi connectivity index (χ4v) is 38.5. The molecule has 35 heteroatoms. The van der Waals surface area contributed by atoms with Crippen LogP contribution in [-0.4, -0.2) is 133 Å². The van der Waals surface area contributed by atoms with Gasteiger partial charge in [0.05, 0.1) is 52.5 Å². The third-order valence-corrected chi connectivity index (χ3v) is 44.1. The zero-order valence-corrected chi connectivity index (χ0v) is 87.3. The van der Waals surface area contributed by atoms with Gasteiger partial charge in [-0.2, -0.15) is 15.0 Å². The second-order valence-electron chi connectivity index (χ2n) is 38.2. The normalized spacial score (nSPS) is 23.0. The summed E-state index contributed by atoms with van der Waals surface area (Å²) in [7, 11) is 0. The number of nitrogens with zero attached hydrogens (tertiary/aromatic N) is 8. The molecule has 0 aliphatic carbocycles. The van der Waals surface area contributed by atoms with E-state index >= 15 is 0 Å². The Morgan fingerprint density at radius 2 is 0.977 bits per heavy atom. The molecule has 700 valence electrons. The molecule has 0 saturated carbocycles. The van der Waals surface area contributed by atoms with Gasteiger partial charge >= 0.3 is 23.3 Å². The molecule has 3 saturated heterocycles. The van der Waals surface area contributed by atoms with Crippen LogP contribution in [0.4, 0.5) is 36.2 Å². The van der Waals surface area contributed by atoms with Crippen molar-refractivity contribution in [3.05, 3.63) is 203 Å². The molecule has 3 fully saturated rings. The van der Waals surface area contributed by atoms with E-state index in [1.165, 1.54) is 62.4 Å². The third kappa shape index (κ3) is 14.1. The summed E-state index contributed by atoms with van der Waals surface area (Å²) in [5.74, 6) is -0.230. The number of carbonyl (C=O) groups excluding carboxylic acids is 9. The first-order valence-corrected chi connectivity index (χ1v) is 54.2. The molecule has 0 unspecified atom stereocenters. The molecule has 17 heterocycles. The largest absolute Gasteiger partial charge is 0.506 e. The number of fused-ring (bicyclic) bond motifs is 12. The minimum Gasteiger partial charge on any atom is -0.506 e. The van der Waals surface area contributed by atoms with Crippen LogP contribution in [0.15, 0.2) is 137 Å². The molecule has 7 N–H and O–H groups in total. The Balaban J connectivity index is 0.000000134. The highest BCUT2D eigenvalue weighted by Crippen LogP contribution is 2.77. The zero-order chi connectivity index (χ0) is 95.8. The fourth-order valence-electron chi connectivity index (χ4n) is 21.5. The standard InChI is InChI=1S/C38H48N4O3S3.C34H36N4O3S3.C26H25N3O7S5/c1-18(2)29-32(19(3)4)46-35-30(38(29)47-33(20(5)6)34(48-38)21(7)8)24-14-23-16-39-15-22(9)28(23)25-17-40(42-26(43)12-13-27(42)44)36(45)41(31(24)25)37(35,10)11;1-16(2)29-30(17(3)4)44-34(43-29)19(6)20(7)42-31-27(34)22-12-21-14-35-13-18(5)26(21)23-15-36(38-24(39)10-11-25(38)40)32(41)37(28(22)23)33(31,8)9;1-4-25(5-2)19-16(26(18(31)20(32)39-19)40-21(33)22(34)41-26)14-8-12-9-37-7-6-13(12)11(3)17(14)28(25)23(35)27-29-15(30)10-38-24(29)36/h14-15,18-21,39H,12-13,16-17H2,1-11H3;12-13,35H,1,3,10-11,14-15H2,2,4-9H3;6-8,31-34H,4-5,9-10H2,1-3H3,(H,27,35). The van der Waals surface area contributed by atoms with E-state index in [2.05, 4.69) is 190 Å². The number of nitrogens with one attached hydrogen (secondary N) is 3. The summed E-state index contributed by atoms with van der Waals surface area (Å²) in [4.78, 5) is 137. The minimum atomic E-state index is -1.51. The van der Waals surface area contributed by atoms with E-state index in [9.17, 15) is 63.6 Å². The highest BCUT2D eigenvalue weighted by atomic mass is 32.2. The number of hydrogen-bond acceptors (Lipinski definition) is 26. The summed E-state index contributed by atoms with van der Waals surface area (Å²) in [6, 6.07) is 5.24. The van der Waals surface area contributed by atoms with Gasteiger partial charge in [-0.15, -0.1) is 35.3 Å². The van der Waals surface area contributed by atoms with Crippen LogP contribution in [0.5, 0.6) is 0 Å². The quantitative estimate of drug-likeness (QED) is 0.0878. The first-order valence-electron chi connectivity index (χ1n) is 44.8. The highest BCUT2D eigenvalue weighted by Gasteiger charge is 2.66. The maximum Gasteiger partial charge on any atom is 0.344 e. The van der Waals surface area contributed by atoms with Crippen LogP contribution in [0.2, 0.25) is 0 Å². The number of anilines is 3. The number of aliphatic hydroxyl groups is 4. The van der Waals surface area contributed by atoms with Crippen LogP contribution in [-0.2, 0) is 55.9 Å². The van der Waals surface area contributed by atoms with Crippen LogP contribution in [0.1, 0.15) is 244 Å². The number of hydrogen-bond donors (Lipinski definition) is 7. The number of rotatable bonds is 11. The van der Waals surface area contributed by atoms with Crippen LogP contribution in [0.25, 0.3) is 33.9 Å². The molecule has 133 heavy (non-hydrogen) atoms. The molecule has 0 bridgehead atoms. The van der Waals surface area contributed by atoms with Crippen molar-refractivity contribution in [2.45, 2.75) is 245 Å².